The minimum atomic E-state index is -0.448. The molecule has 1 aliphatic rings. The number of hydrogen-bond acceptors (Lipinski definition) is 4. The summed E-state index contributed by atoms with van der Waals surface area (Å²) in [7, 11) is 0. The van der Waals surface area contributed by atoms with Gasteiger partial charge in [0.25, 0.3) is 0 Å². The average molecular weight is 370 g/mol. The Hall–Kier alpha value is -2.66. The number of rotatable bonds is 3. The van der Waals surface area contributed by atoms with Gasteiger partial charge in [0.2, 0.25) is 5.88 Å². The van der Waals surface area contributed by atoms with Gasteiger partial charge in [-0.25, -0.2) is 0 Å². The van der Waals surface area contributed by atoms with E-state index in [0.717, 1.165) is 5.56 Å². The molecule has 0 bridgehead atoms. The molecule has 1 fully saturated rings. The molecule has 0 spiro atoms. The number of hydrogen-bond donors (Lipinski definition) is 0. The topological polar surface area (TPSA) is 60.1 Å². The Morgan fingerprint density at radius 3 is 2.28 bits per heavy atom. The van der Waals surface area contributed by atoms with Crippen molar-refractivity contribution in [1.29, 1.82) is 10.5 Å². The summed E-state index contributed by atoms with van der Waals surface area (Å²) < 4.78 is 5.93. The molecule has 1 saturated heterocycles. The number of benzene rings is 2. The molecule has 1 unspecified atom stereocenters. The Morgan fingerprint density at radius 1 is 1.04 bits per heavy atom. The highest BCUT2D eigenvalue weighted by Crippen LogP contribution is 2.40. The Labute approximate surface area is 156 Å². The number of halogens is 2. The maximum atomic E-state index is 9.25. The van der Waals surface area contributed by atoms with Crippen LogP contribution in [0.1, 0.15) is 17.2 Å². The monoisotopic (exact) mass is 369 g/mol. The molecular formula is C19H13Cl2N3O. The van der Waals surface area contributed by atoms with Gasteiger partial charge < -0.3 is 9.64 Å². The second-order valence-electron chi connectivity index (χ2n) is 5.51. The molecule has 0 saturated carbocycles. The van der Waals surface area contributed by atoms with E-state index in [1.165, 1.54) is 0 Å². The maximum Gasteiger partial charge on any atom is 0.219 e. The summed E-state index contributed by atoms with van der Waals surface area (Å²) in [6.45, 7) is 0.960. The van der Waals surface area contributed by atoms with Crippen molar-refractivity contribution in [3.63, 3.8) is 0 Å². The minimum absolute atomic E-state index is 0.0680. The van der Waals surface area contributed by atoms with Crippen molar-refractivity contribution in [2.75, 3.05) is 6.54 Å². The van der Waals surface area contributed by atoms with Crippen LogP contribution in [0.15, 0.2) is 60.0 Å². The van der Waals surface area contributed by atoms with Crippen LogP contribution >= 0.6 is 23.2 Å². The van der Waals surface area contributed by atoms with E-state index in [9.17, 15) is 10.5 Å². The molecule has 2 aromatic rings. The normalized spacial score (nSPS) is 16.1. The van der Waals surface area contributed by atoms with Gasteiger partial charge in [0.1, 0.15) is 18.2 Å². The summed E-state index contributed by atoms with van der Waals surface area (Å²) >= 11 is 12.6. The maximum absolute atomic E-state index is 9.25. The summed E-state index contributed by atoms with van der Waals surface area (Å²) in [5.74, 6) is 0.259. The third kappa shape index (κ3) is 3.56. The smallest absolute Gasteiger partial charge is 0.219 e. The van der Waals surface area contributed by atoms with Gasteiger partial charge in [-0.2, -0.15) is 10.5 Å². The first kappa shape index (κ1) is 17.2. The van der Waals surface area contributed by atoms with E-state index in [4.69, 9.17) is 27.9 Å². The van der Waals surface area contributed by atoms with Crippen LogP contribution in [0.3, 0.4) is 0 Å². The lowest BCUT2D eigenvalue weighted by Crippen LogP contribution is -2.19. The number of allylic oxidation sites excluding steroid dienone is 1. The molecule has 0 radical (unpaired) electrons. The van der Waals surface area contributed by atoms with E-state index in [-0.39, 0.29) is 11.5 Å². The molecule has 124 valence electrons. The highest BCUT2D eigenvalue weighted by Gasteiger charge is 2.34. The zero-order valence-electron chi connectivity index (χ0n) is 13.1. The third-order valence-corrected chi connectivity index (χ3v) is 4.56. The summed E-state index contributed by atoms with van der Waals surface area (Å²) in [5.41, 5.74) is 1.64. The lowest BCUT2D eigenvalue weighted by molar-refractivity contribution is 0.160. The molecule has 2 aromatic carbocycles. The van der Waals surface area contributed by atoms with Crippen LogP contribution < -0.4 is 0 Å². The van der Waals surface area contributed by atoms with Crippen LogP contribution in [0.2, 0.25) is 10.0 Å². The molecular weight excluding hydrogens is 357 g/mol. The van der Waals surface area contributed by atoms with Crippen molar-refractivity contribution in [3.8, 4) is 12.1 Å². The van der Waals surface area contributed by atoms with E-state index in [0.29, 0.717) is 28.7 Å². The van der Waals surface area contributed by atoms with Crippen LogP contribution in [0, 0.1) is 22.7 Å². The SMILES string of the molecule is N#CC(C#N)=C1OC(c2c(Cl)cccc2Cl)CN1Cc1ccccc1. The molecule has 1 atom stereocenters. The highest BCUT2D eigenvalue weighted by molar-refractivity contribution is 6.36. The molecule has 25 heavy (non-hydrogen) atoms. The average Bonchev–Trinajstić information content (AvgIpc) is 3.00. The van der Waals surface area contributed by atoms with Crippen molar-refractivity contribution < 1.29 is 4.74 Å². The number of nitrogens with zero attached hydrogens (tertiary/aromatic N) is 3. The van der Waals surface area contributed by atoms with E-state index in [1.54, 1.807) is 18.2 Å². The standard InChI is InChI=1S/C19H13Cl2N3O/c20-15-7-4-8-16(21)18(15)17-12-24(11-13-5-2-1-3-6-13)19(25-17)14(9-22)10-23/h1-8,17H,11-12H2. The van der Waals surface area contributed by atoms with Crippen LogP contribution in [-0.2, 0) is 11.3 Å². The van der Waals surface area contributed by atoms with Gasteiger partial charge in [-0.3, -0.25) is 0 Å². The van der Waals surface area contributed by atoms with E-state index < -0.39 is 6.10 Å². The summed E-state index contributed by atoms with van der Waals surface area (Å²) in [6, 6.07) is 18.8. The quantitative estimate of drug-likeness (QED) is 0.727. The first-order valence-corrected chi connectivity index (χ1v) is 8.33. The lowest BCUT2D eigenvalue weighted by Gasteiger charge is -2.17. The Kier molecular flexibility index (Phi) is 5.14. The molecule has 4 nitrogen and oxygen atoms in total. The van der Waals surface area contributed by atoms with E-state index in [2.05, 4.69) is 0 Å². The van der Waals surface area contributed by atoms with E-state index >= 15 is 0 Å². The van der Waals surface area contributed by atoms with E-state index in [1.807, 2.05) is 47.4 Å². The Balaban J connectivity index is 1.98. The fourth-order valence-corrected chi connectivity index (χ4v) is 3.42. The van der Waals surface area contributed by atoms with Crippen LogP contribution in [0.25, 0.3) is 0 Å². The second kappa shape index (κ2) is 7.49. The predicted octanol–water partition coefficient (Wildman–Crippen LogP) is 4.83. The van der Waals surface area contributed by atoms with Crippen LogP contribution in [0.4, 0.5) is 0 Å². The van der Waals surface area contributed by atoms with Gasteiger partial charge in [-0.15, -0.1) is 0 Å². The van der Waals surface area contributed by atoms with Gasteiger partial charge in [-0.1, -0.05) is 59.6 Å². The molecule has 0 aromatic heterocycles. The summed E-state index contributed by atoms with van der Waals surface area (Å²) in [5, 5.41) is 19.5. The largest absolute Gasteiger partial charge is 0.467 e. The number of nitriles is 2. The fourth-order valence-electron chi connectivity index (χ4n) is 2.78. The minimum Gasteiger partial charge on any atom is -0.467 e. The summed E-state index contributed by atoms with van der Waals surface area (Å²) in [6.07, 6.45) is -0.448. The molecule has 0 aliphatic carbocycles. The lowest BCUT2D eigenvalue weighted by atomic mass is 10.1. The molecule has 6 heteroatoms. The van der Waals surface area contributed by atoms with Gasteiger partial charge >= 0.3 is 0 Å². The van der Waals surface area contributed by atoms with Crippen molar-refractivity contribution >= 4 is 23.2 Å². The molecule has 0 amide bonds. The second-order valence-corrected chi connectivity index (χ2v) is 6.33. The molecule has 1 heterocycles. The predicted molar refractivity (Wildman–Crippen MR) is 95.4 cm³/mol. The van der Waals surface area contributed by atoms with Gasteiger partial charge in [0, 0.05) is 22.2 Å². The first-order chi connectivity index (χ1) is 12.1. The van der Waals surface area contributed by atoms with Crippen LogP contribution in [-0.4, -0.2) is 11.4 Å². The highest BCUT2D eigenvalue weighted by atomic mass is 35.5. The molecule has 0 N–H and O–H groups in total. The Morgan fingerprint density at radius 2 is 1.68 bits per heavy atom. The van der Waals surface area contributed by atoms with Crippen molar-refractivity contribution in [2.24, 2.45) is 0 Å². The number of ether oxygens (including phenoxy) is 1. The van der Waals surface area contributed by atoms with Gasteiger partial charge in [-0.05, 0) is 17.7 Å². The third-order valence-electron chi connectivity index (χ3n) is 3.90. The summed E-state index contributed by atoms with van der Waals surface area (Å²) in [4.78, 5) is 1.86. The molecule has 3 rings (SSSR count). The first-order valence-electron chi connectivity index (χ1n) is 7.58. The zero-order chi connectivity index (χ0) is 17.8. The van der Waals surface area contributed by atoms with Gasteiger partial charge in [0.05, 0.1) is 6.54 Å². The van der Waals surface area contributed by atoms with Crippen LogP contribution in [0.5, 0.6) is 0 Å². The van der Waals surface area contributed by atoms with Gasteiger partial charge in [0.15, 0.2) is 5.57 Å². The van der Waals surface area contributed by atoms with Crippen molar-refractivity contribution in [3.05, 3.63) is 81.2 Å². The van der Waals surface area contributed by atoms with Crippen molar-refractivity contribution in [2.45, 2.75) is 12.6 Å². The zero-order valence-corrected chi connectivity index (χ0v) is 14.6. The van der Waals surface area contributed by atoms with Crippen molar-refractivity contribution in [1.82, 2.24) is 4.90 Å². The fraction of sp³-hybridized carbons (Fsp3) is 0.158. The Bertz CT molecular complexity index is 861. The molecule has 1 aliphatic heterocycles.